The third-order valence-corrected chi connectivity index (χ3v) is 7.45. The Balaban J connectivity index is 1.75. The highest BCUT2D eigenvalue weighted by atomic mass is 32.2. The van der Waals surface area contributed by atoms with Gasteiger partial charge in [-0.1, -0.05) is 12.1 Å². The zero-order valence-corrected chi connectivity index (χ0v) is 14.2. The molecule has 2 fully saturated rings. The minimum absolute atomic E-state index is 0.173. The minimum atomic E-state index is 0.173. The van der Waals surface area contributed by atoms with Crippen molar-refractivity contribution in [2.45, 2.75) is 42.2 Å². The molecule has 7 heteroatoms. The molecule has 0 bridgehead atoms. The summed E-state index contributed by atoms with van der Waals surface area (Å²) in [6, 6.07) is 0.363. The Labute approximate surface area is 134 Å². The third kappa shape index (κ3) is 3.41. The van der Waals surface area contributed by atoms with Crippen LogP contribution in [0.3, 0.4) is 0 Å². The Morgan fingerprint density at radius 3 is 3.00 bits per heavy atom. The van der Waals surface area contributed by atoms with Gasteiger partial charge < -0.3 is 14.6 Å². The molecule has 3 rings (SSSR count). The van der Waals surface area contributed by atoms with Gasteiger partial charge in [0, 0.05) is 29.4 Å². The zero-order chi connectivity index (χ0) is 14.7. The largest absolute Gasteiger partial charge is 0.381 e. The van der Waals surface area contributed by atoms with E-state index in [2.05, 4.69) is 17.4 Å². The Kier molecular flexibility index (Phi) is 5.48. The lowest BCUT2D eigenvalue weighted by Gasteiger charge is -2.29. The monoisotopic (exact) mass is 329 g/mol. The fourth-order valence-corrected chi connectivity index (χ4v) is 5.96. The van der Waals surface area contributed by atoms with Gasteiger partial charge in [-0.15, -0.1) is 11.8 Å². The maximum absolute atomic E-state index is 5.59. The van der Waals surface area contributed by atoms with Crippen LogP contribution in [0, 0.1) is 0 Å². The quantitative estimate of drug-likeness (QED) is 0.910. The van der Waals surface area contributed by atoms with Crippen LogP contribution in [0.2, 0.25) is 0 Å². The third-order valence-electron chi connectivity index (χ3n) is 4.21. The number of aromatic nitrogens is 2. The number of ether oxygens (including phenoxy) is 1. The van der Waals surface area contributed by atoms with Crippen LogP contribution >= 0.6 is 23.5 Å². The molecule has 5 nitrogen and oxygen atoms in total. The lowest BCUT2D eigenvalue weighted by molar-refractivity contribution is 0.0516. The Morgan fingerprint density at radius 2 is 2.19 bits per heavy atom. The highest BCUT2D eigenvalue weighted by molar-refractivity contribution is 8.06. The standard InChI is InChI=1S/C14H23N3O2S2/c1-3-11-12(21-7-6-20-11)13-16-14(19-17-13)9-8-18-5-4-10(9)15-2/h9-12,15H,3-8H2,1-2H3. The molecule has 3 heterocycles. The van der Waals surface area contributed by atoms with Crippen molar-refractivity contribution in [2.75, 3.05) is 31.8 Å². The number of hydrogen-bond donors (Lipinski definition) is 1. The number of hydrogen-bond acceptors (Lipinski definition) is 7. The number of nitrogens with one attached hydrogen (secondary N) is 1. The molecule has 0 saturated carbocycles. The molecule has 4 atom stereocenters. The van der Waals surface area contributed by atoms with Crippen LogP contribution in [-0.2, 0) is 4.74 Å². The van der Waals surface area contributed by atoms with Gasteiger partial charge in [0.15, 0.2) is 5.82 Å². The lowest BCUT2D eigenvalue weighted by Crippen LogP contribution is -2.39. The van der Waals surface area contributed by atoms with Crippen molar-refractivity contribution in [3.05, 3.63) is 11.7 Å². The van der Waals surface area contributed by atoms with E-state index in [4.69, 9.17) is 14.2 Å². The highest BCUT2D eigenvalue weighted by Crippen LogP contribution is 2.43. The van der Waals surface area contributed by atoms with Crippen molar-refractivity contribution in [2.24, 2.45) is 0 Å². The van der Waals surface area contributed by atoms with Gasteiger partial charge in [-0.25, -0.2) is 0 Å². The summed E-state index contributed by atoms with van der Waals surface area (Å²) in [7, 11) is 1.99. The molecule has 2 saturated heterocycles. The molecule has 21 heavy (non-hydrogen) atoms. The SMILES string of the molecule is CCC1SCCSC1c1noc(C2COCCC2NC)n1. The first-order valence-electron chi connectivity index (χ1n) is 7.65. The molecule has 2 aliphatic heterocycles. The topological polar surface area (TPSA) is 60.2 Å². The van der Waals surface area contributed by atoms with Crippen molar-refractivity contribution in [3.8, 4) is 0 Å². The van der Waals surface area contributed by atoms with E-state index in [-0.39, 0.29) is 5.92 Å². The van der Waals surface area contributed by atoms with Crippen LogP contribution in [0.5, 0.6) is 0 Å². The van der Waals surface area contributed by atoms with Gasteiger partial charge in [0.1, 0.15) is 0 Å². The number of thioether (sulfide) groups is 2. The second-order valence-electron chi connectivity index (χ2n) is 5.46. The Morgan fingerprint density at radius 1 is 1.33 bits per heavy atom. The summed E-state index contributed by atoms with van der Waals surface area (Å²) in [5.74, 6) is 4.17. The minimum Gasteiger partial charge on any atom is -0.381 e. The second kappa shape index (κ2) is 7.35. The van der Waals surface area contributed by atoms with Crippen LogP contribution in [0.25, 0.3) is 0 Å². The summed E-state index contributed by atoms with van der Waals surface area (Å²) in [4.78, 5) is 4.72. The zero-order valence-electron chi connectivity index (χ0n) is 12.6. The van der Waals surface area contributed by atoms with Crippen LogP contribution in [0.4, 0.5) is 0 Å². The first kappa shape index (κ1) is 15.6. The van der Waals surface area contributed by atoms with E-state index >= 15 is 0 Å². The summed E-state index contributed by atoms with van der Waals surface area (Å²) >= 11 is 4.00. The number of nitrogens with zero attached hydrogens (tertiary/aromatic N) is 2. The molecule has 0 spiro atoms. The fraction of sp³-hybridized carbons (Fsp3) is 0.857. The maximum atomic E-state index is 5.59. The highest BCUT2D eigenvalue weighted by Gasteiger charge is 2.34. The molecule has 2 aliphatic rings. The molecule has 118 valence electrons. The molecular formula is C14H23N3O2S2. The summed E-state index contributed by atoms with van der Waals surface area (Å²) in [5, 5.41) is 8.58. The predicted molar refractivity (Wildman–Crippen MR) is 87.1 cm³/mol. The van der Waals surface area contributed by atoms with Gasteiger partial charge in [-0.3, -0.25) is 0 Å². The molecule has 0 aromatic carbocycles. The van der Waals surface area contributed by atoms with E-state index in [0.717, 1.165) is 31.2 Å². The van der Waals surface area contributed by atoms with E-state index < -0.39 is 0 Å². The molecule has 0 amide bonds. The van der Waals surface area contributed by atoms with Crippen molar-refractivity contribution < 1.29 is 9.26 Å². The fourth-order valence-electron chi connectivity index (χ4n) is 2.98. The molecule has 0 aliphatic carbocycles. The summed E-state index contributed by atoms with van der Waals surface area (Å²) < 4.78 is 11.2. The van der Waals surface area contributed by atoms with Crippen LogP contribution in [0.1, 0.15) is 42.6 Å². The molecule has 1 N–H and O–H groups in total. The van der Waals surface area contributed by atoms with E-state index in [1.54, 1.807) is 0 Å². The van der Waals surface area contributed by atoms with Crippen molar-refractivity contribution in [1.29, 1.82) is 0 Å². The summed E-state index contributed by atoms with van der Waals surface area (Å²) in [6.07, 6.45) is 2.14. The van der Waals surface area contributed by atoms with Gasteiger partial charge in [0.25, 0.3) is 0 Å². The molecule has 1 aromatic rings. The van der Waals surface area contributed by atoms with E-state index in [1.165, 1.54) is 11.5 Å². The Bertz CT molecular complexity index is 419. The predicted octanol–water partition coefficient (Wildman–Crippen LogP) is 2.46. The van der Waals surface area contributed by atoms with E-state index in [1.807, 2.05) is 30.6 Å². The average Bonchev–Trinajstić information content (AvgIpc) is 3.04. The first-order valence-corrected chi connectivity index (χ1v) is 9.75. The second-order valence-corrected chi connectivity index (χ2v) is 8.06. The van der Waals surface area contributed by atoms with Crippen molar-refractivity contribution >= 4 is 23.5 Å². The van der Waals surface area contributed by atoms with Crippen LogP contribution < -0.4 is 5.32 Å². The van der Waals surface area contributed by atoms with E-state index in [0.29, 0.717) is 23.1 Å². The molecule has 1 aromatic heterocycles. The molecule has 0 radical (unpaired) electrons. The summed E-state index contributed by atoms with van der Waals surface area (Å²) in [6.45, 7) is 3.70. The lowest BCUT2D eigenvalue weighted by atomic mass is 9.96. The van der Waals surface area contributed by atoms with Gasteiger partial charge in [-0.2, -0.15) is 16.7 Å². The van der Waals surface area contributed by atoms with Gasteiger partial charge in [0.05, 0.1) is 17.8 Å². The summed E-state index contributed by atoms with van der Waals surface area (Å²) in [5.41, 5.74) is 0. The average molecular weight is 329 g/mol. The van der Waals surface area contributed by atoms with Crippen LogP contribution in [-0.4, -0.2) is 53.2 Å². The van der Waals surface area contributed by atoms with Gasteiger partial charge in [0.2, 0.25) is 5.89 Å². The normalized spacial score (nSPS) is 34.0. The van der Waals surface area contributed by atoms with Crippen LogP contribution in [0.15, 0.2) is 4.52 Å². The first-order chi connectivity index (χ1) is 10.3. The Hall–Kier alpha value is -0.240. The maximum Gasteiger partial charge on any atom is 0.233 e. The van der Waals surface area contributed by atoms with Crippen molar-refractivity contribution in [1.82, 2.24) is 15.5 Å². The van der Waals surface area contributed by atoms with Gasteiger partial charge >= 0.3 is 0 Å². The number of likely N-dealkylation sites (N-methyl/N-ethyl adjacent to an activating group) is 1. The van der Waals surface area contributed by atoms with E-state index in [9.17, 15) is 0 Å². The van der Waals surface area contributed by atoms with Crippen molar-refractivity contribution in [3.63, 3.8) is 0 Å². The van der Waals surface area contributed by atoms with Gasteiger partial charge in [-0.05, 0) is 19.9 Å². The smallest absolute Gasteiger partial charge is 0.233 e. The number of rotatable bonds is 4. The molecule has 4 unspecified atom stereocenters. The molecular weight excluding hydrogens is 306 g/mol.